The van der Waals surface area contributed by atoms with Crippen LogP contribution in [0.2, 0.25) is 0 Å². The second kappa shape index (κ2) is 9.84. The van der Waals surface area contributed by atoms with E-state index in [0.29, 0.717) is 17.9 Å². The van der Waals surface area contributed by atoms with Crippen molar-refractivity contribution in [2.24, 2.45) is 0 Å². The highest BCUT2D eigenvalue weighted by Crippen LogP contribution is 2.37. The first kappa shape index (κ1) is 21.8. The Morgan fingerprint density at radius 2 is 1.91 bits per heavy atom. The van der Waals surface area contributed by atoms with Gasteiger partial charge in [0, 0.05) is 23.6 Å². The number of fused-ring (bicyclic) bond motifs is 1. The number of carbonyl (C=O) groups is 2. The molecule has 3 heterocycles. The van der Waals surface area contributed by atoms with E-state index in [9.17, 15) is 9.59 Å². The number of pyridine rings is 1. The third-order valence-corrected chi connectivity index (χ3v) is 6.23. The van der Waals surface area contributed by atoms with E-state index >= 15 is 0 Å². The Labute approximate surface area is 200 Å². The number of thiazole rings is 1. The van der Waals surface area contributed by atoms with Gasteiger partial charge in [0.15, 0.2) is 6.61 Å². The SMILES string of the molecule is O=C(CN1C(=O)COc2ccc(-c3csc(-c4ccccn4)n3)cc21)OCCc1ccccc1. The number of amides is 1. The van der Waals surface area contributed by atoms with Crippen LogP contribution in [0.15, 0.2) is 78.3 Å². The summed E-state index contributed by atoms with van der Waals surface area (Å²) in [5.74, 6) is -0.216. The van der Waals surface area contributed by atoms with Crippen molar-refractivity contribution in [1.29, 1.82) is 0 Å². The van der Waals surface area contributed by atoms with Gasteiger partial charge in [-0.25, -0.2) is 4.98 Å². The highest BCUT2D eigenvalue weighted by Gasteiger charge is 2.28. The molecule has 1 aliphatic rings. The largest absolute Gasteiger partial charge is 0.482 e. The summed E-state index contributed by atoms with van der Waals surface area (Å²) in [6.07, 6.45) is 2.35. The van der Waals surface area contributed by atoms with Crippen molar-refractivity contribution >= 4 is 28.9 Å². The fourth-order valence-electron chi connectivity index (χ4n) is 3.65. The van der Waals surface area contributed by atoms with Crippen LogP contribution in [-0.4, -0.2) is 41.6 Å². The number of nitrogens with zero attached hydrogens (tertiary/aromatic N) is 3. The smallest absolute Gasteiger partial charge is 0.326 e. The Morgan fingerprint density at radius 1 is 1.06 bits per heavy atom. The third-order valence-electron chi connectivity index (χ3n) is 5.37. The molecule has 4 aromatic rings. The molecule has 0 spiro atoms. The van der Waals surface area contributed by atoms with Gasteiger partial charge in [-0.2, -0.15) is 0 Å². The van der Waals surface area contributed by atoms with Gasteiger partial charge in [0.25, 0.3) is 5.91 Å². The number of benzene rings is 2. The molecule has 34 heavy (non-hydrogen) atoms. The predicted octanol–water partition coefficient (Wildman–Crippen LogP) is 4.38. The first-order chi connectivity index (χ1) is 16.7. The first-order valence-corrected chi connectivity index (χ1v) is 11.7. The zero-order valence-electron chi connectivity index (χ0n) is 18.2. The lowest BCUT2D eigenvalue weighted by atomic mass is 10.1. The minimum Gasteiger partial charge on any atom is -0.482 e. The Balaban J connectivity index is 1.31. The zero-order valence-corrected chi connectivity index (χ0v) is 19.0. The Bertz CT molecular complexity index is 1310. The van der Waals surface area contributed by atoms with Crippen molar-refractivity contribution in [3.05, 3.63) is 83.9 Å². The predicted molar refractivity (Wildman–Crippen MR) is 130 cm³/mol. The molecule has 0 atom stereocenters. The monoisotopic (exact) mass is 471 g/mol. The lowest BCUT2D eigenvalue weighted by Crippen LogP contribution is -2.42. The molecule has 0 bridgehead atoms. The Kier molecular flexibility index (Phi) is 6.31. The number of rotatable bonds is 7. The van der Waals surface area contributed by atoms with E-state index in [1.165, 1.54) is 16.2 Å². The van der Waals surface area contributed by atoms with Crippen molar-refractivity contribution in [3.63, 3.8) is 0 Å². The van der Waals surface area contributed by atoms with Crippen molar-refractivity contribution in [2.75, 3.05) is 24.7 Å². The van der Waals surface area contributed by atoms with Gasteiger partial charge >= 0.3 is 5.97 Å². The maximum atomic E-state index is 12.6. The number of aromatic nitrogens is 2. The zero-order chi connectivity index (χ0) is 23.3. The molecule has 0 radical (unpaired) electrons. The number of ether oxygens (including phenoxy) is 2. The van der Waals surface area contributed by atoms with Crippen LogP contribution in [0.5, 0.6) is 5.75 Å². The number of hydrogen-bond donors (Lipinski definition) is 0. The van der Waals surface area contributed by atoms with Gasteiger partial charge in [-0.15, -0.1) is 11.3 Å². The van der Waals surface area contributed by atoms with Crippen molar-refractivity contribution in [3.8, 4) is 27.7 Å². The quantitative estimate of drug-likeness (QED) is 0.372. The molecule has 1 amide bonds. The standard InChI is InChI=1S/C26H21N3O4S/c30-24-16-33-23-10-9-19(21-17-34-26(28-21)20-8-4-5-12-27-20)14-22(23)29(24)15-25(31)32-13-11-18-6-2-1-3-7-18/h1-10,12,14,17H,11,13,15-16H2. The molecule has 2 aromatic carbocycles. The van der Waals surface area contributed by atoms with E-state index in [1.807, 2.05) is 66.0 Å². The average Bonchev–Trinajstić information content (AvgIpc) is 3.37. The van der Waals surface area contributed by atoms with Gasteiger partial charge in [-0.3, -0.25) is 19.5 Å². The van der Waals surface area contributed by atoms with Crippen LogP contribution in [-0.2, 0) is 20.7 Å². The van der Waals surface area contributed by atoms with Gasteiger partial charge in [-0.05, 0) is 35.9 Å². The molecule has 0 unspecified atom stereocenters. The molecular formula is C26H21N3O4S. The molecule has 5 rings (SSSR count). The summed E-state index contributed by atoms with van der Waals surface area (Å²) in [6.45, 7) is -0.0444. The summed E-state index contributed by atoms with van der Waals surface area (Å²) < 4.78 is 11.0. The molecule has 170 valence electrons. The minimum atomic E-state index is -0.464. The van der Waals surface area contributed by atoms with Crippen LogP contribution in [0, 0.1) is 0 Å². The van der Waals surface area contributed by atoms with Gasteiger partial charge in [-0.1, -0.05) is 36.4 Å². The normalized spacial score (nSPS) is 12.7. The molecule has 0 aliphatic carbocycles. The molecule has 0 N–H and O–H groups in total. The van der Waals surface area contributed by atoms with E-state index in [-0.39, 0.29) is 25.7 Å². The second-order valence-electron chi connectivity index (χ2n) is 7.66. The lowest BCUT2D eigenvalue weighted by molar-refractivity contribution is -0.143. The van der Waals surface area contributed by atoms with Crippen LogP contribution in [0.3, 0.4) is 0 Å². The topological polar surface area (TPSA) is 81.6 Å². The number of hydrogen-bond acceptors (Lipinski definition) is 7. The van der Waals surface area contributed by atoms with Gasteiger partial charge in [0.1, 0.15) is 17.3 Å². The molecule has 0 saturated carbocycles. The van der Waals surface area contributed by atoms with E-state index in [2.05, 4.69) is 4.98 Å². The molecule has 8 heteroatoms. The maximum absolute atomic E-state index is 12.6. The molecule has 0 saturated heterocycles. The third kappa shape index (κ3) is 4.82. The summed E-state index contributed by atoms with van der Waals surface area (Å²) in [4.78, 5) is 35.6. The van der Waals surface area contributed by atoms with Crippen LogP contribution in [0.1, 0.15) is 5.56 Å². The van der Waals surface area contributed by atoms with E-state index < -0.39 is 5.97 Å². The van der Waals surface area contributed by atoms with Crippen molar-refractivity contribution in [2.45, 2.75) is 6.42 Å². The Morgan fingerprint density at radius 3 is 2.74 bits per heavy atom. The second-order valence-corrected chi connectivity index (χ2v) is 8.52. The van der Waals surface area contributed by atoms with Crippen LogP contribution in [0.4, 0.5) is 5.69 Å². The summed E-state index contributed by atoms with van der Waals surface area (Å²) in [5, 5.41) is 2.75. The van der Waals surface area contributed by atoms with Crippen molar-refractivity contribution in [1.82, 2.24) is 9.97 Å². The summed E-state index contributed by atoms with van der Waals surface area (Å²) in [6, 6.07) is 21.0. The molecule has 1 aliphatic heterocycles. The van der Waals surface area contributed by atoms with E-state index in [1.54, 1.807) is 12.3 Å². The van der Waals surface area contributed by atoms with Gasteiger partial charge < -0.3 is 9.47 Å². The van der Waals surface area contributed by atoms with E-state index in [4.69, 9.17) is 14.5 Å². The van der Waals surface area contributed by atoms with Gasteiger partial charge in [0.05, 0.1) is 23.7 Å². The minimum absolute atomic E-state index is 0.121. The molecule has 2 aromatic heterocycles. The summed E-state index contributed by atoms with van der Waals surface area (Å²) in [7, 11) is 0. The van der Waals surface area contributed by atoms with Gasteiger partial charge in [0.2, 0.25) is 0 Å². The first-order valence-electron chi connectivity index (χ1n) is 10.8. The maximum Gasteiger partial charge on any atom is 0.326 e. The average molecular weight is 472 g/mol. The highest BCUT2D eigenvalue weighted by molar-refractivity contribution is 7.13. The number of carbonyl (C=O) groups excluding carboxylic acids is 2. The number of esters is 1. The summed E-state index contributed by atoms with van der Waals surface area (Å²) in [5.41, 5.74) is 3.99. The number of anilines is 1. The highest BCUT2D eigenvalue weighted by atomic mass is 32.1. The molecule has 0 fully saturated rings. The van der Waals surface area contributed by atoms with E-state index in [0.717, 1.165) is 27.5 Å². The summed E-state index contributed by atoms with van der Waals surface area (Å²) >= 11 is 1.49. The fourth-order valence-corrected chi connectivity index (χ4v) is 4.45. The fraction of sp³-hybridized carbons (Fsp3) is 0.154. The van der Waals surface area contributed by atoms with Crippen molar-refractivity contribution < 1.29 is 19.1 Å². The lowest BCUT2D eigenvalue weighted by Gasteiger charge is -2.29. The molecular weight excluding hydrogens is 450 g/mol. The molecule has 7 nitrogen and oxygen atoms in total. The van der Waals surface area contributed by atoms with Crippen LogP contribution >= 0.6 is 11.3 Å². The van der Waals surface area contributed by atoms with Crippen LogP contribution < -0.4 is 9.64 Å². The van der Waals surface area contributed by atoms with Crippen LogP contribution in [0.25, 0.3) is 22.0 Å². The Hall–Kier alpha value is -4.04.